The van der Waals surface area contributed by atoms with E-state index < -0.39 is 0 Å². The van der Waals surface area contributed by atoms with Crippen molar-refractivity contribution in [2.45, 2.75) is 45.4 Å². The Morgan fingerprint density at radius 2 is 1.90 bits per heavy atom. The zero-order chi connectivity index (χ0) is 14.2. The van der Waals surface area contributed by atoms with Gasteiger partial charge >= 0.3 is 6.03 Å². The van der Waals surface area contributed by atoms with Gasteiger partial charge in [0.2, 0.25) is 0 Å². The Kier molecular flexibility index (Phi) is 5.90. The molecule has 0 atom stereocenters. The summed E-state index contributed by atoms with van der Waals surface area (Å²) >= 11 is 0. The quantitative estimate of drug-likeness (QED) is 0.848. The van der Waals surface area contributed by atoms with Crippen molar-refractivity contribution in [2.24, 2.45) is 5.92 Å². The number of nitrogens with one attached hydrogen (secondary N) is 2. The second-order valence-corrected chi connectivity index (χ2v) is 5.82. The van der Waals surface area contributed by atoms with Crippen LogP contribution in [0.1, 0.15) is 43.2 Å². The molecule has 0 radical (unpaired) electrons. The Hall–Kier alpha value is -1.51. The lowest BCUT2D eigenvalue weighted by molar-refractivity contribution is 0.236. The van der Waals surface area contributed by atoms with Crippen molar-refractivity contribution >= 4 is 6.03 Å². The summed E-state index contributed by atoms with van der Waals surface area (Å²) in [7, 11) is 0. The first-order chi connectivity index (χ1) is 9.75. The fourth-order valence-corrected chi connectivity index (χ4v) is 2.89. The fourth-order valence-electron chi connectivity index (χ4n) is 2.89. The lowest BCUT2D eigenvalue weighted by Crippen LogP contribution is -2.39. The number of hydrogen-bond donors (Lipinski definition) is 2. The van der Waals surface area contributed by atoms with Crippen molar-refractivity contribution in [3.8, 4) is 0 Å². The zero-order valence-corrected chi connectivity index (χ0v) is 12.5. The molecular formula is C17H26N2O. The minimum absolute atomic E-state index is 0.0239. The summed E-state index contributed by atoms with van der Waals surface area (Å²) in [6.07, 6.45) is 7.43. The molecule has 1 aromatic rings. The predicted molar refractivity (Wildman–Crippen MR) is 82.9 cm³/mol. The summed E-state index contributed by atoms with van der Waals surface area (Å²) in [6.45, 7) is 3.63. The summed E-state index contributed by atoms with van der Waals surface area (Å²) in [6, 6.07) is 8.30. The molecule has 0 aliphatic heterocycles. The molecule has 0 unspecified atom stereocenters. The Morgan fingerprint density at radius 1 is 1.15 bits per heavy atom. The molecule has 2 amide bonds. The van der Waals surface area contributed by atoms with Crippen LogP contribution in [-0.2, 0) is 6.42 Å². The molecule has 2 rings (SSSR count). The van der Waals surface area contributed by atoms with Gasteiger partial charge in [-0.15, -0.1) is 0 Å². The molecule has 3 nitrogen and oxygen atoms in total. The van der Waals surface area contributed by atoms with Gasteiger partial charge in [0.15, 0.2) is 0 Å². The van der Waals surface area contributed by atoms with Crippen molar-refractivity contribution in [1.29, 1.82) is 0 Å². The van der Waals surface area contributed by atoms with E-state index in [-0.39, 0.29) is 6.03 Å². The van der Waals surface area contributed by atoms with E-state index in [1.165, 1.54) is 43.2 Å². The van der Waals surface area contributed by atoms with Crippen molar-refractivity contribution < 1.29 is 4.79 Å². The van der Waals surface area contributed by atoms with Gasteiger partial charge in [0.1, 0.15) is 0 Å². The standard InChI is InChI=1S/C17H26N2O/c1-14-7-5-6-10-16(14)11-12-18-17(20)19-13-15-8-3-2-4-9-15/h5-7,10,15H,2-4,8-9,11-13H2,1H3,(H2,18,19,20). The van der Waals surface area contributed by atoms with Gasteiger partial charge in [-0.25, -0.2) is 4.79 Å². The SMILES string of the molecule is Cc1ccccc1CCNC(=O)NCC1CCCCC1. The van der Waals surface area contributed by atoms with Gasteiger partial charge in [-0.05, 0) is 43.2 Å². The first kappa shape index (κ1) is 14.9. The summed E-state index contributed by atoms with van der Waals surface area (Å²) in [5.41, 5.74) is 2.59. The topological polar surface area (TPSA) is 41.1 Å². The molecule has 1 aliphatic carbocycles. The average Bonchev–Trinajstić information content (AvgIpc) is 2.48. The third-order valence-electron chi connectivity index (χ3n) is 4.22. The molecule has 0 spiro atoms. The van der Waals surface area contributed by atoms with E-state index >= 15 is 0 Å². The smallest absolute Gasteiger partial charge is 0.314 e. The van der Waals surface area contributed by atoms with Crippen LogP contribution >= 0.6 is 0 Å². The third-order valence-corrected chi connectivity index (χ3v) is 4.22. The molecule has 2 N–H and O–H groups in total. The monoisotopic (exact) mass is 274 g/mol. The van der Waals surface area contributed by atoms with Gasteiger partial charge in [-0.3, -0.25) is 0 Å². The molecule has 0 saturated heterocycles. The van der Waals surface area contributed by atoms with Crippen molar-refractivity contribution in [3.05, 3.63) is 35.4 Å². The molecule has 110 valence electrons. The molecule has 1 aliphatic rings. The Morgan fingerprint density at radius 3 is 2.65 bits per heavy atom. The summed E-state index contributed by atoms with van der Waals surface area (Å²) < 4.78 is 0. The minimum atomic E-state index is -0.0239. The number of urea groups is 1. The van der Waals surface area contributed by atoms with E-state index in [1.54, 1.807) is 0 Å². The largest absolute Gasteiger partial charge is 0.338 e. The Labute approximate surface area is 122 Å². The lowest BCUT2D eigenvalue weighted by Gasteiger charge is -2.21. The first-order valence-corrected chi connectivity index (χ1v) is 7.82. The highest BCUT2D eigenvalue weighted by Gasteiger charge is 2.13. The predicted octanol–water partition coefficient (Wildman–Crippen LogP) is 3.42. The van der Waals surface area contributed by atoms with Gasteiger partial charge < -0.3 is 10.6 Å². The molecule has 1 fully saturated rings. The van der Waals surface area contributed by atoms with Gasteiger partial charge in [-0.1, -0.05) is 43.5 Å². The fraction of sp³-hybridized carbons (Fsp3) is 0.588. The molecular weight excluding hydrogens is 248 g/mol. The average molecular weight is 274 g/mol. The third kappa shape index (κ3) is 4.87. The highest BCUT2D eigenvalue weighted by atomic mass is 16.2. The highest BCUT2D eigenvalue weighted by Crippen LogP contribution is 2.22. The van der Waals surface area contributed by atoms with E-state index in [1.807, 2.05) is 12.1 Å². The van der Waals surface area contributed by atoms with E-state index in [4.69, 9.17) is 0 Å². The summed E-state index contributed by atoms with van der Waals surface area (Å²) in [4.78, 5) is 11.7. The number of carbonyl (C=O) groups is 1. The number of carbonyl (C=O) groups excluding carboxylic acids is 1. The molecule has 20 heavy (non-hydrogen) atoms. The second kappa shape index (κ2) is 7.93. The number of benzene rings is 1. The van der Waals surface area contributed by atoms with Crippen LogP contribution < -0.4 is 10.6 Å². The minimum Gasteiger partial charge on any atom is -0.338 e. The van der Waals surface area contributed by atoms with Crippen LogP contribution in [-0.4, -0.2) is 19.1 Å². The van der Waals surface area contributed by atoms with Gasteiger partial charge in [0, 0.05) is 13.1 Å². The van der Waals surface area contributed by atoms with Crippen molar-refractivity contribution in [3.63, 3.8) is 0 Å². The summed E-state index contributed by atoms with van der Waals surface area (Å²) in [5, 5.41) is 5.95. The molecule has 0 aromatic heterocycles. The van der Waals surface area contributed by atoms with Crippen LogP contribution in [0.2, 0.25) is 0 Å². The molecule has 1 aromatic carbocycles. The lowest BCUT2D eigenvalue weighted by atomic mass is 9.89. The van der Waals surface area contributed by atoms with Gasteiger partial charge in [-0.2, -0.15) is 0 Å². The molecule has 0 heterocycles. The van der Waals surface area contributed by atoms with Crippen LogP contribution in [0.5, 0.6) is 0 Å². The maximum Gasteiger partial charge on any atom is 0.314 e. The molecule has 1 saturated carbocycles. The van der Waals surface area contributed by atoms with E-state index in [0.29, 0.717) is 12.5 Å². The highest BCUT2D eigenvalue weighted by molar-refractivity contribution is 5.73. The second-order valence-electron chi connectivity index (χ2n) is 5.82. The van der Waals surface area contributed by atoms with Gasteiger partial charge in [0.25, 0.3) is 0 Å². The number of aryl methyl sites for hydroxylation is 1. The Bertz CT molecular complexity index is 425. The number of rotatable bonds is 5. The van der Waals surface area contributed by atoms with E-state index in [0.717, 1.165) is 13.0 Å². The maximum absolute atomic E-state index is 11.7. The van der Waals surface area contributed by atoms with E-state index in [9.17, 15) is 4.79 Å². The Balaban J connectivity index is 1.61. The van der Waals surface area contributed by atoms with E-state index in [2.05, 4.69) is 29.7 Å². The van der Waals surface area contributed by atoms with Crippen LogP contribution in [0.4, 0.5) is 4.79 Å². The zero-order valence-electron chi connectivity index (χ0n) is 12.5. The summed E-state index contributed by atoms with van der Waals surface area (Å²) in [5.74, 6) is 0.686. The van der Waals surface area contributed by atoms with Crippen LogP contribution in [0.3, 0.4) is 0 Å². The van der Waals surface area contributed by atoms with Crippen LogP contribution in [0.25, 0.3) is 0 Å². The molecule has 3 heteroatoms. The number of hydrogen-bond acceptors (Lipinski definition) is 1. The molecule has 0 bridgehead atoms. The van der Waals surface area contributed by atoms with Crippen molar-refractivity contribution in [2.75, 3.05) is 13.1 Å². The maximum atomic E-state index is 11.7. The van der Waals surface area contributed by atoms with Crippen LogP contribution in [0, 0.1) is 12.8 Å². The first-order valence-electron chi connectivity index (χ1n) is 7.82. The number of amides is 2. The van der Waals surface area contributed by atoms with Crippen molar-refractivity contribution in [1.82, 2.24) is 10.6 Å². The van der Waals surface area contributed by atoms with Gasteiger partial charge in [0.05, 0.1) is 0 Å². The normalized spacial score (nSPS) is 15.8. The van der Waals surface area contributed by atoms with Crippen LogP contribution in [0.15, 0.2) is 24.3 Å².